The lowest BCUT2D eigenvalue weighted by molar-refractivity contribution is -0.180. The third-order valence-electron chi connectivity index (χ3n) is 6.29. The topological polar surface area (TPSA) is 31.9 Å². The van der Waals surface area contributed by atoms with Crippen LogP contribution in [0, 0.1) is 5.92 Å². The minimum Gasteiger partial charge on any atom is -0.342 e. The number of imidazole rings is 1. The number of hydrogen-bond acceptors (Lipinski definition) is 2. The largest absolute Gasteiger partial charge is 0.416 e. The number of H-pyrrole nitrogens is 1. The van der Waals surface area contributed by atoms with Gasteiger partial charge >= 0.3 is 12.4 Å². The van der Waals surface area contributed by atoms with Gasteiger partial charge in [0.25, 0.3) is 0 Å². The van der Waals surface area contributed by atoms with Gasteiger partial charge in [-0.2, -0.15) is 26.3 Å². The van der Waals surface area contributed by atoms with Crippen LogP contribution < -0.4 is 0 Å². The summed E-state index contributed by atoms with van der Waals surface area (Å²) in [5.74, 6) is -1.62. The molecule has 2 unspecified atom stereocenters. The van der Waals surface area contributed by atoms with Crippen molar-refractivity contribution in [2.75, 3.05) is 19.6 Å². The number of benzene rings is 2. The van der Waals surface area contributed by atoms with Crippen LogP contribution in [0.15, 0.2) is 60.8 Å². The van der Waals surface area contributed by atoms with Crippen molar-refractivity contribution >= 4 is 12.4 Å². The van der Waals surface area contributed by atoms with E-state index < -0.39 is 23.8 Å². The lowest BCUT2D eigenvalue weighted by Crippen LogP contribution is -2.42. The maximum absolute atomic E-state index is 13.9. The van der Waals surface area contributed by atoms with E-state index in [0.717, 1.165) is 17.7 Å². The summed E-state index contributed by atoms with van der Waals surface area (Å²) in [6, 6.07) is 14.3. The Morgan fingerprint density at radius 3 is 2.43 bits per heavy atom. The van der Waals surface area contributed by atoms with Crippen LogP contribution in [0.4, 0.5) is 26.3 Å². The molecule has 1 aliphatic rings. The molecule has 35 heavy (non-hydrogen) atoms. The molecule has 1 N–H and O–H groups in total. The van der Waals surface area contributed by atoms with Crippen molar-refractivity contribution in [1.29, 1.82) is 0 Å². The predicted octanol–water partition coefficient (Wildman–Crippen LogP) is 7.12. The zero-order valence-electron chi connectivity index (χ0n) is 18.7. The molecule has 0 aliphatic carbocycles. The van der Waals surface area contributed by atoms with Gasteiger partial charge in [0.05, 0.1) is 23.4 Å². The van der Waals surface area contributed by atoms with Crippen LogP contribution in [0.3, 0.4) is 0 Å². The number of nitrogens with one attached hydrogen (secondary N) is 1. The Morgan fingerprint density at radius 1 is 1.00 bits per heavy atom. The van der Waals surface area contributed by atoms with Gasteiger partial charge in [0.2, 0.25) is 0 Å². The third-order valence-corrected chi connectivity index (χ3v) is 6.29. The fourth-order valence-electron chi connectivity index (χ4n) is 4.52. The Bertz CT molecular complexity index is 1080. The second-order valence-corrected chi connectivity index (χ2v) is 8.77. The number of likely N-dealkylation sites (tertiary alicyclic amines) is 1. The molecule has 10 heteroatoms. The van der Waals surface area contributed by atoms with Crippen LogP contribution in [0.25, 0.3) is 11.3 Å². The van der Waals surface area contributed by atoms with Gasteiger partial charge in [-0.05, 0) is 42.5 Å². The standard InChI is InChI=1S/C25H25F6N3.ClH/c26-24(27,28)20-10-4-8-18(12-20)19-9-5-11-34(15-19)16-21(25(29,30)31)13-23-32-14-22(33-23)17-6-2-1-3-7-17;/h1-4,6-8,10,12,14,19,21H,5,9,11,13,15-16H2,(H,32,33);1H. The molecule has 1 saturated heterocycles. The first-order valence-corrected chi connectivity index (χ1v) is 11.1. The van der Waals surface area contributed by atoms with Crippen molar-refractivity contribution in [1.82, 2.24) is 14.9 Å². The lowest BCUT2D eigenvalue weighted by Gasteiger charge is -2.35. The van der Waals surface area contributed by atoms with E-state index in [1.165, 1.54) is 12.3 Å². The zero-order chi connectivity index (χ0) is 24.3. The van der Waals surface area contributed by atoms with Crippen LogP contribution in [-0.4, -0.2) is 40.7 Å². The summed E-state index contributed by atoms with van der Waals surface area (Å²) in [6.07, 6.45) is -6.36. The van der Waals surface area contributed by atoms with E-state index in [-0.39, 0.29) is 37.1 Å². The normalized spacial score (nSPS) is 18.2. The highest BCUT2D eigenvalue weighted by molar-refractivity contribution is 5.85. The summed E-state index contributed by atoms with van der Waals surface area (Å²) >= 11 is 0. The van der Waals surface area contributed by atoms with Crippen LogP contribution in [-0.2, 0) is 12.6 Å². The van der Waals surface area contributed by atoms with E-state index in [2.05, 4.69) is 9.97 Å². The first-order chi connectivity index (χ1) is 16.1. The number of rotatable bonds is 6. The monoisotopic (exact) mass is 517 g/mol. The molecule has 3 nitrogen and oxygen atoms in total. The van der Waals surface area contributed by atoms with Crippen molar-refractivity contribution in [2.45, 2.75) is 37.5 Å². The van der Waals surface area contributed by atoms with Crippen molar-refractivity contribution < 1.29 is 26.3 Å². The lowest BCUT2D eigenvalue weighted by atomic mass is 9.89. The summed E-state index contributed by atoms with van der Waals surface area (Å²) in [6.45, 7) is 0.553. The number of nitrogens with zero attached hydrogens (tertiary/aromatic N) is 2. The third kappa shape index (κ3) is 7.01. The number of halogens is 7. The highest BCUT2D eigenvalue weighted by Gasteiger charge is 2.41. The highest BCUT2D eigenvalue weighted by atomic mass is 35.5. The minimum absolute atomic E-state index is 0. The number of aromatic amines is 1. The minimum atomic E-state index is -4.45. The smallest absolute Gasteiger partial charge is 0.342 e. The SMILES string of the molecule is Cl.FC(F)(F)c1cccc(C2CCCN(CC(Cc3ncc(-c4ccccc4)[nH]3)C(F)(F)F)C2)c1. The van der Waals surface area contributed by atoms with Gasteiger partial charge in [0.15, 0.2) is 0 Å². The fraction of sp³-hybridized carbons (Fsp3) is 0.400. The second-order valence-electron chi connectivity index (χ2n) is 8.77. The first kappa shape index (κ1) is 27.1. The highest BCUT2D eigenvalue weighted by Crippen LogP contribution is 2.35. The van der Waals surface area contributed by atoms with Crippen molar-refractivity contribution in [3.05, 3.63) is 77.7 Å². The van der Waals surface area contributed by atoms with Gasteiger partial charge in [0, 0.05) is 19.5 Å². The van der Waals surface area contributed by atoms with Crippen molar-refractivity contribution in [2.24, 2.45) is 5.92 Å². The maximum Gasteiger partial charge on any atom is 0.416 e. The molecular weight excluding hydrogens is 492 g/mol. The summed E-state index contributed by atoms with van der Waals surface area (Å²) < 4.78 is 81.0. The molecule has 0 bridgehead atoms. The average molecular weight is 518 g/mol. The number of piperidine rings is 1. The van der Waals surface area contributed by atoms with Crippen LogP contribution in [0.1, 0.15) is 35.7 Å². The van der Waals surface area contributed by atoms with Crippen molar-refractivity contribution in [3.8, 4) is 11.3 Å². The van der Waals surface area contributed by atoms with E-state index in [9.17, 15) is 26.3 Å². The van der Waals surface area contributed by atoms with Gasteiger partial charge in [-0.25, -0.2) is 4.98 Å². The van der Waals surface area contributed by atoms with Gasteiger partial charge in [-0.15, -0.1) is 12.4 Å². The van der Waals surface area contributed by atoms with E-state index in [1.807, 2.05) is 30.3 Å². The summed E-state index contributed by atoms with van der Waals surface area (Å²) in [5.41, 5.74) is 1.27. The summed E-state index contributed by atoms with van der Waals surface area (Å²) in [5, 5.41) is 0. The van der Waals surface area contributed by atoms with E-state index in [0.29, 0.717) is 37.2 Å². The van der Waals surface area contributed by atoms with Gasteiger partial charge in [-0.3, -0.25) is 0 Å². The zero-order valence-corrected chi connectivity index (χ0v) is 19.6. The van der Waals surface area contributed by atoms with E-state index >= 15 is 0 Å². The maximum atomic E-state index is 13.9. The van der Waals surface area contributed by atoms with E-state index in [1.54, 1.807) is 11.0 Å². The fourth-order valence-corrected chi connectivity index (χ4v) is 4.52. The van der Waals surface area contributed by atoms with E-state index in [4.69, 9.17) is 0 Å². The molecule has 3 aromatic rings. The molecular formula is C25H26ClF6N3. The van der Waals surface area contributed by atoms with Gasteiger partial charge in [-0.1, -0.05) is 48.5 Å². The van der Waals surface area contributed by atoms with Gasteiger partial charge < -0.3 is 9.88 Å². The predicted molar refractivity (Wildman–Crippen MR) is 124 cm³/mol. The summed E-state index contributed by atoms with van der Waals surface area (Å²) in [7, 11) is 0. The number of hydrogen-bond donors (Lipinski definition) is 1. The molecule has 2 atom stereocenters. The van der Waals surface area contributed by atoms with Crippen LogP contribution in [0.5, 0.6) is 0 Å². The molecule has 1 fully saturated rings. The molecule has 1 aliphatic heterocycles. The molecule has 2 heterocycles. The molecule has 2 aromatic carbocycles. The Balaban J connectivity index is 0.00000342. The number of aromatic nitrogens is 2. The molecule has 190 valence electrons. The molecule has 0 spiro atoms. The van der Waals surface area contributed by atoms with Crippen molar-refractivity contribution in [3.63, 3.8) is 0 Å². The average Bonchev–Trinajstić information content (AvgIpc) is 3.27. The first-order valence-electron chi connectivity index (χ1n) is 11.1. The molecule has 1 aromatic heterocycles. The quantitative estimate of drug-likeness (QED) is 0.353. The molecule has 0 saturated carbocycles. The molecule has 4 rings (SSSR count). The van der Waals surface area contributed by atoms with Crippen LogP contribution in [0.2, 0.25) is 0 Å². The Morgan fingerprint density at radius 2 is 1.74 bits per heavy atom. The summed E-state index contributed by atoms with van der Waals surface area (Å²) in [4.78, 5) is 8.86. The molecule has 0 radical (unpaired) electrons. The van der Waals surface area contributed by atoms with Crippen LogP contribution >= 0.6 is 12.4 Å². The number of alkyl halides is 6. The Hall–Kier alpha value is -2.52. The Labute approximate surface area is 206 Å². The van der Waals surface area contributed by atoms with Gasteiger partial charge in [0.1, 0.15) is 5.82 Å². The molecule has 0 amide bonds. The second kappa shape index (κ2) is 11.0. The Kier molecular flexibility index (Phi) is 8.54.